The third kappa shape index (κ3) is 2.96. The molecular formula is C15H15ClO2. The quantitative estimate of drug-likeness (QED) is 0.831. The van der Waals surface area contributed by atoms with E-state index in [9.17, 15) is 0 Å². The summed E-state index contributed by atoms with van der Waals surface area (Å²) in [6.45, 7) is 0. The minimum atomic E-state index is 0.750. The van der Waals surface area contributed by atoms with E-state index in [1.807, 2.05) is 42.5 Å². The van der Waals surface area contributed by atoms with Crippen molar-refractivity contribution in [3.8, 4) is 11.5 Å². The zero-order valence-electron chi connectivity index (χ0n) is 10.4. The van der Waals surface area contributed by atoms with Crippen LogP contribution in [0.3, 0.4) is 0 Å². The Labute approximate surface area is 112 Å². The number of ether oxygens (including phenoxy) is 2. The number of halogens is 1. The van der Waals surface area contributed by atoms with Gasteiger partial charge in [0, 0.05) is 17.5 Å². The summed E-state index contributed by atoms with van der Waals surface area (Å²) >= 11 is 5.87. The Kier molecular flexibility index (Phi) is 4.11. The number of methoxy groups -OCH3 is 2. The van der Waals surface area contributed by atoms with E-state index < -0.39 is 0 Å². The first-order chi connectivity index (χ1) is 8.72. The fraction of sp³-hybridized carbons (Fsp3) is 0.200. The van der Waals surface area contributed by atoms with Crippen molar-refractivity contribution in [2.75, 3.05) is 14.2 Å². The number of benzene rings is 2. The summed E-state index contributed by atoms with van der Waals surface area (Å²) in [5, 5.41) is 0.750. The molecule has 0 spiro atoms. The van der Waals surface area contributed by atoms with Crippen molar-refractivity contribution in [2.45, 2.75) is 6.42 Å². The van der Waals surface area contributed by atoms with Gasteiger partial charge in [-0.05, 0) is 29.3 Å². The van der Waals surface area contributed by atoms with Crippen molar-refractivity contribution in [1.82, 2.24) is 0 Å². The molecule has 18 heavy (non-hydrogen) atoms. The van der Waals surface area contributed by atoms with Crippen molar-refractivity contribution in [2.24, 2.45) is 0 Å². The highest BCUT2D eigenvalue weighted by Gasteiger charge is 2.06. The fourth-order valence-electron chi connectivity index (χ4n) is 1.82. The molecule has 0 bridgehead atoms. The maximum Gasteiger partial charge on any atom is 0.126 e. The predicted molar refractivity (Wildman–Crippen MR) is 73.8 cm³/mol. The van der Waals surface area contributed by atoms with E-state index >= 15 is 0 Å². The van der Waals surface area contributed by atoms with Crippen LogP contribution in [0, 0.1) is 0 Å². The molecule has 2 aromatic carbocycles. The van der Waals surface area contributed by atoms with Crippen molar-refractivity contribution in [3.63, 3.8) is 0 Å². The molecule has 0 saturated heterocycles. The first-order valence-electron chi connectivity index (χ1n) is 5.68. The van der Waals surface area contributed by atoms with Gasteiger partial charge in [0.15, 0.2) is 0 Å². The lowest BCUT2D eigenvalue weighted by Crippen LogP contribution is -1.95. The highest BCUT2D eigenvalue weighted by atomic mass is 35.5. The third-order valence-electron chi connectivity index (χ3n) is 2.80. The van der Waals surface area contributed by atoms with Crippen LogP contribution < -0.4 is 9.47 Å². The molecule has 0 atom stereocenters. The van der Waals surface area contributed by atoms with Gasteiger partial charge in [-0.1, -0.05) is 29.8 Å². The average molecular weight is 263 g/mol. The number of hydrogen-bond donors (Lipinski definition) is 0. The second kappa shape index (κ2) is 5.78. The summed E-state index contributed by atoms with van der Waals surface area (Å²) in [6, 6.07) is 13.7. The van der Waals surface area contributed by atoms with E-state index in [1.165, 1.54) is 5.56 Å². The van der Waals surface area contributed by atoms with Crippen LogP contribution in [-0.2, 0) is 6.42 Å². The molecule has 0 aromatic heterocycles. The van der Waals surface area contributed by atoms with Gasteiger partial charge in [-0.15, -0.1) is 0 Å². The summed E-state index contributed by atoms with van der Waals surface area (Å²) in [4.78, 5) is 0. The van der Waals surface area contributed by atoms with Gasteiger partial charge in [0.25, 0.3) is 0 Å². The molecule has 2 nitrogen and oxygen atoms in total. The van der Waals surface area contributed by atoms with Crippen molar-refractivity contribution in [3.05, 3.63) is 58.6 Å². The smallest absolute Gasteiger partial charge is 0.126 e. The summed E-state index contributed by atoms with van der Waals surface area (Å²) in [5.41, 5.74) is 2.32. The Morgan fingerprint density at radius 2 is 1.67 bits per heavy atom. The maximum atomic E-state index is 5.87. The second-order valence-electron chi connectivity index (χ2n) is 3.98. The Morgan fingerprint density at radius 1 is 0.944 bits per heavy atom. The predicted octanol–water partition coefficient (Wildman–Crippen LogP) is 3.95. The molecule has 0 N–H and O–H groups in total. The summed E-state index contributed by atoms with van der Waals surface area (Å²) in [6.07, 6.45) is 0.810. The minimum Gasteiger partial charge on any atom is -0.497 e. The summed E-state index contributed by atoms with van der Waals surface area (Å²) in [5.74, 6) is 1.64. The molecule has 0 radical (unpaired) electrons. The van der Waals surface area contributed by atoms with Crippen LogP contribution in [0.2, 0.25) is 5.02 Å². The zero-order chi connectivity index (χ0) is 13.0. The van der Waals surface area contributed by atoms with Crippen LogP contribution >= 0.6 is 11.6 Å². The van der Waals surface area contributed by atoms with Gasteiger partial charge in [0.05, 0.1) is 14.2 Å². The van der Waals surface area contributed by atoms with Crippen molar-refractivity contribution in [1.29, 1.82) is 0 Å². The monoisotopic (exact) mass is 262 g/mol. The van der Waals surface area contributed by atoms with Gasteiger partial charge in [0.2, 0.25) is 0 Å². The molecular weight excluding hydrogens is 248 g/mol. The van der Waals surface area contributed by atoms with Crippen LogP contribution in [0.4, 0.5) is 0 Å². The molecule has 2 aromatic rings. The standard InChI is InChI=1S/C15H15ClO2/c1-17-14-8-5-12(15(10-14)18-2)9-11-3-6-13(16)7-4-11/h3-8,10H,9H2,1-2H3. The maximum absolute atomic E-state index is 5.87. The van der Waals surface area contributed by atoms with E-state index in [0.717, 1.165) is 28.5 Å². The third-order valence-corrected chi connectivity index (χ3v) is 3.05. The lowest BCUT2D eigenvalue weighted by molar-refractivity contribution is 0.391. The van der Waals surface area contributed by atoms with Gasteiger partial charge in [-0.25, -0.2) is 0 Å². The van der Waals surface area contributed by atoms with E-state index in [4.69, 9.17) is 21.1 Å². The highest BCUT2D eigenvalue weighted by Crippen LogP contribution is 2.26. The van der Waals surface area contributed by atoms with Crippen LogP contribution in [0.25, 0.3) is 0 Å². The molecule has 0 amide bonds. The molecule has 0 aliphatic carbocycles. The Balaban J connectivity index is 2.25. The van der Waals surface area contributed by atoms with Crippen molar-refractivity contribution < 1.29 is 9.47 Å². The van der Waals surface area contributed by atoms with Gasteiger partial charge < -0.3 is 9.47 Å². The molecule has 0 unspecified atom stereocenters. The average Bonchev–Trinajstić information content (AvgIpc) is 2.41. The van der Waals surface area contributed by atoms with Gasteiger partial charge in [0.1, 0.15) is 11.5 Å². The molecule has 0 heterocycles. The van der Waals surface area contributed by atoms with Crippen LogP contribution in [0.1, 0.15) is 11.1 Å². The lowest BCUT2D eigenvalue weighted by atomic mass is 10.0. The number of rotatable bonds is 4. The molecule has 0 saturated carbocycles. The van der Waals surface area contributed by atoms with E-state index in [0.29, 0.717) is 0 Å². The van der Waals surface area contributed by atoms with E-state index in [2.05, 4.69) is 0 Å². The van der Waals surface area contributed by atoms with Crippen molar-refractivity contribution >= 4 is 11.6 Å². The second-order valence-corrected chi connectivity index (χ2v) is 4.42. The Morgan fingerprint density at radius 3 is 2.28 bits per heavy atom. The molecule has 3 heteroatoms. The molecule has 0 fully saturated rings. The first-order valence-corrected chi connectivity index (χ1v) is 6.06. The topological polar surface area (TPSA) is 18.5 Å². The largest absolute Gasteiger partial charge is 0.497 e. The molecule has 0 aliphatic heterocycles. The minimum absolute atomic E-state index is 0.750. The SMILES string of the molecule is COc1ccc(Cc2ccc(Cl)cc2)c(OC)c1. The van der Waals surface area contributed by atoms with Crippen LogP contribution in [0.15, 0.2) is 42.5 Å². The van der Waals surface area contributed by atoms with Gasteiger partial charge in [-0.3, -0.25) is 0 Å². The normalized spacial score (nSPS) is 10.2. The highest BCUT2D eigenvalue weighted by molar-refractivity contribution is 6.30. The molecule has 2 rings (SSSR count). The van der Waals surface area contributed by atoms with E-state index in [1.54, 1.807) is 14.2 Å². The Bertz CT molecular complexity index is 521. The fourth-order valence-corrected chi connectivity index (χ4v) is 1.95. The lowest BCUT2D eigenvalue weighted by Gasteiger charge is -2.10. The van der Waals surface area contributed by atoms with Crippen LogP contribution in [-0.4, -0.2) is 14.2 Å². The molecule has 0 aliphatic rings. The molecule has 94 valence electrons. The Hall–Kier alpha value is -1.67. The van der Waals surface area contributed by atoms with Gasteiger partial charge in [-0.2, -0.15) is 0 Å². The summed E-state index contributed by atoms with van der Waals surface area (Å²) < 4.78 is 10.6. The van der Waals surface area contributed by atoms with Crippen LogP contribution in [0.5, 0.6) is 11.5 Å². The first kappa shape index (κ1) is 12.8. The summed E-state index contributed by atoms with van der Waals surface area (Å²) in [7, 11) is 3.31. The number of hydrogen-bond acceptors (Lipinski definition) is 2. The zero-order valence-corrected chi connectivity index (χ0v) is 11.2. The van der Waals surface area contributed by atoms with E-state index in [-0.39, 0.29) is 0 Å². The van der Waals surface area contributed by atoms with Gasteiger partial charge >= 0.3 is 0 Å².